The fraction of sp³-hybridized carbons (Fsp3) is 0.222. The summed E-state index contributed by atoms with van der Waals surface area (Å²) >= 11 is 0. The van der Waals surface area contributed by atoms with Gasteiger partial charge in [-0.3, -0.25) is 0 Å². The Labute approximate surface area is 95.6 Å². The predicted molar refractivity (Wildman–Crippen MR) is 62.7 cm³/mol. The second-order valence-corrected chi connectivity index (χ2v) is 4.69. The molecule has 0 bridgehead atoms. The third kappa shape index (κ3) is 3.94. The summed E-state index contributed by atoms with van der Waals surface area (Å²) in [6.07, 6.45) is 0. The van der Waals surface area contributed by atoms with Gasteiger partial charge in [0.1, 0.15) is 0 Å². The SMILES string of the molecule is [B]S(=O)(=O)NC(=O)Nc1ccc(C)c(C)c1. The van der Waals surface area contributed by atoms with Crippen molar-refractivity contribution in [2.24, 2.45) is 0 Å². The van der Waals surface area contributed by atoms with Crippen molar-refractivity contribution in [1.82, 2.24) is 4.72 Å². The number of hydrogen-bond acceptors (Lipinski definition) is 3. The quantitative estimate of drug-likeness (QED) is 0.749. The molecule has 0 fully saturated rings. The van der Waals surface area contributed by atoms with Crippen LogP contribution < -0.4 is 10.0 Å². The Hall–Kier alpha value is -1.50. The maximum atomic E-state index is 11.1. The molecule has 1 aromatic rings. The Bertz CT molecular complexity index is 513. The monoisotopic (exact) mass is 238 g/mol. The topological polar surface area (TPSA) is 75.3 Å². The molecule has 2 N–H and O–H groups in total. The predicted octanol–water partition coefficient (Wildman–Crippen LogP) is 0.838. The van der Waals surface area contributed by atoms with Crippen LogP contribution in [0.5, 0.6) is 0 Å². The van der Waals surface area contributed by atoms with Crippen molar-refractivity contribution in [3.8, 4) is 0 Å². The van der Waals surface area contributed by atoms with Gasteiger partial charge in [-0.2, -0.15) is 0 Å². The number of hydrogen-bond donors (Lipinski definition) is 2. The van der Waals surface area contributed by atoms with Gasteiger partial charge >= 0.3 is 6.03 Å². The molecule has 16 heavy (non-hydrogen) atoms. The van der Waals surface area contributed by atoms with Crippen molar-refractivity contribution in [2.45, 2.75) is 13.8 Å². The molecule has 7 heteroatoms. The lowest BCUT2D eigenvalue weighted by Gasteiger charge is -2.08. The van der Waals surface area contributed by atoms with Crippen molar-refractivity contribution in [2.75, 3.05) is 5.32 Å². The van der Waals surface area contributed by atoms with Gasteiger partial charge in [0.25, 0.3) is 7.12 Å². The molecule has 84 valence electrons. The lowest BCUT2D eigenvalue weighted by molar-refractivity contribution is 0.256. The minimum atomic E-state index is -4.02. The van der Waals surface area contributed by atoms with E-state index in [0.717, 1.165) is 11.1 Å². The van der Waals surface area contributed by atoms with Gasteiger partial charge in [0, 0.05) is 5.69 Å². The van der Waals surface area contributed by atoms with Crippen LogP contribution in [0.3, 0.4) is 0 Å². The largest absolute Gasteiger partial charge is 0.332 e. The third-order valence-electron chi connectivity index (χ3n) is 2.00. The number of anilines is 1. The van der Waals surface area contributed by atoms with E-state index in [1.165, 1.54) is 0 Å². The zero-order valence-corrected chi connectivity index (χ0v) is 9.76. The van der Waals surface area contributed by atoms with Gasteiger partial charge in [-0.05, 0) is 37.1 Å². The van der Waals surface area contributed by atoms with Crippen LogP contribution in [-0.4, -0.2) is 21.6 Å². The summed E-state index contributed by atoms with van der Waals surface area (Å²) in [5, 5.41) is 2.36. The highest BCUT2D eigenvalue weighted by molar-refractivity contribution is 8.11. The van der Waals surface area contributed by atoms with Crippen molar-refractivity contribution >= 4 is 28.7 Å². The first-order chi connectivity index (χ1) is 7.28. The maximum absolute atomic E-state index is 11.1. The molecule has 0 aliphatic carbocycles. The van der Waals surface area contributed by atoms with Crippen molar-refractivity contribution in [1.29, 1.82) is 0 Å². The van der Waals surface area contributed by atoms with E-state index in [9.17, 15) is 13.2 Å². The summed E-state index contributed by atoms with van der Waals surface area (Å²) < 4.78 is 22.7. The lowest BCUT2D eigenvalue weighted by atomic mass is 10.1. The fourth-order valence-corrected chi connectivity index (χ4v) is 1.41. The minimum Gasteiger partial charge on any atom is -0.307 e. The van der Waals surface area contributed by atoms with Crippen LogP contribution in [0.15, 0.2) is 18.2 Å². The smallest absolute Gasteiger partial charge is 0.307 e. The number of aryl methyl sites for hydroxylation is 2. The van der Waals surface area contributed by atoms with Crippen LogP contribution in [0, 0.1) is 13.8 Å². The lowest BCUT2D eigenvalue weighted by Crippen LogP contribution is -2.34. The zero-order chi connectivity index (χ0) is 12.3. The molecule has 0 aliphatic rings. The van der Waals surface area contributed by atoms with Crippen LogP contribution in [0.1, 0.15) is 11.1 Å². The summed E-state index contributed by atoms with van der Waals surface area (Å²) in [7, 11) is 0.621. The van der Waals surface area contributed by atoms with Gasteiger partial charge in [-0.15, -0.1) is 0 Å². The van der Waals surface area contributed by atoms with Crippen molar-refractivity contribution in [3.05, 3.63) is 29.3 Å². The number of rotatable bonds is 2. The second-order valence-electron chi connectivity index (χ2n) is 3.40. The number of carbonyl (C=O) groups is 1. The van der Waals surface area contributed by atoms with E-state index in [0.29, 0.717) is 5.69 Å². The Balaban J connectivity index is 2.74. The van der Waals surface area contributed by atoms with E-state index >= 15 is 0 Å². The van der Waals surface area contributed by atoms with E-state index in [1.54, 1.807) is 16.9 Å². The molecule has 0 heterocycles. The van der Waals surface area contributed by atoms with E-state index in [1.807, 2.05) is 19.9 Å². The molecular formula is C9H11BN2O3S. The molecule has 0 aromatic heterocycles. The molecule has 0 spiro atoms. The summed E-state index contributed by atoms with van der Waals surface area (Å²) in [5.74, 6) is 0. The molecule has 2 radical (unpaired) electrons. The first-order valence-electron chi connectivity index (χ1n) is 4.47. The Kier molecular flexibility index (Phi) is 3.59. The molecule has 1 rings (SSSR count). The highest BCUT2D eigenvalue weighted by atomic mass is 32.2. The van der Waals surface area contributed by atoms with Crippen molar-refractivity contribution in [3.63, 3.8) is 0 Å². The summed E-state index contributed by atoms with van der Waals surface area (Å²) in [5.41, 5.74) is 2.58. The highest BCUT2D eigenvalue weighted by Gasteiger charge is 2.07. The van der Waals surface area contributed by atoms with Gasteiger partial charge in [-0.1, -0.05) is 6.07 Å². The van der Waals surface area contributed by atoms with Crippen LogP contribution >= 0.6 is 0 Å². The molecule has 0 aliphatic heterocycles. The summed E-state index contributed by atoms with van der Waals surface area (Å²) in [6.45, 7) is 3.82. The molecule has 0 unspecified atom stereocenters. The van der Waals surface area contributed by atoms with Gasteiger partial charge in [0.2, 0.25) is 0 Å². The fourth-order valence-electron chi connectivity index (χ4n) is 1.10. The van der Waals surface area contributed by atoms with Gasteiger partial charge < -0.3 is 5.32 Å². The third-order valence-corrected chi connectivity index (χ3v) is 2.47. The number of benzene rings is 1. The molecule has 0 saturated heterocycles. The summed E-state index contributed by atoms with van der Waals surface area (Å²) in [6, 6.07) is 4.34. The molecule has 1 aromatic carbocycles. The normalized spacial score (nSPS) is 10.9. The number of carbonyl (C=O) groups excluding carboxylic acids is 1. The number of nitrogens with one attached hydrogen (secondary N) is 2. The molecule has 0 saturated carbocycles. The van der Waals surface area contributed by atoms with E-state index in [-0.39, 0.29) is 0 Å². The van der Waals surface area contributed by atoms with E-state index in [2.05, 4.69) is 12.4 Å². The second kappa shape index (κ2) is 4.57. The maximum Gasteiger partial charge on any atom is 0.332 e. The molecular weight excluding hydrogens is 227 g/mol. The van der Waals surface area contributed by atoms with Crippen LogP contribution in [0.2, 0.25) is 0 Å². The van der Waals surface area contributed by atoms with Gasteiger partial charge in [0.05, 0.1) is 0 Å². The zero-order valence-electron chi connectivity index (χ0n) is 8.94. The summed E-state index contributed by atoms with van der Waals surface area (Å²) in [4.78, 5) is 11.1. The average Bonchev–Trinajstić information content (AvgIpc) is 2.08. The standard InChI is InChI=1S/C9H11BN2O3S/c1-6-3-4-8(5-7(6)2)11-9(13)12-16(10,14)15/h3-5H,1-2H3,(H2,11,12,13). The van der Waals surface area contributed by atoms with Crippen LogP contribution in [0.4, 0.5) is 10.5 Å². The molecule has 2 amide bonds. The Morgan fingerprint density at radius 3 is 2.38 bits per heavy atom. The Morgan fingerprint density at radius 1 is 1.25 bits per heavy atom. The first-order valence-corrected chi connectivity index (χ1v) is 6.01. The first kappa shape index (κ1) is 12.6. The van der Waals surface area contributed by atoms with Crippen LogP contribution in [0.25, 0.3) is 0 Å². The minimum absolute atomic E-state index is 0.504. The highest BCUT2D eigenvalue weighted by Crippen LogP contribution is 2.13. The van der Waals surface area contributed by atoms with Crippen molar-refractivity contribution < 1.29 is 13.2 Å². The number of urea groups is 1. The molecule has 5 nitrogen and oxygen atoms in total. The number of amides is 2. The van der Waals surface area contributed by atoms with E-state index < -0.39 is 15.9 Å². The average molecular weight is 238 g/mol. The molecule has 0 atom stereocenters. The Morgan fingerprint density at radius 2 is 1.88 bits per heavy atom. The van der Waals surface area contributed by atoms with Crippen LogP contribution in [-0.2, 0) is 9.87 Å². The van der Waals surface area contributed by atoms with Gasteiger partial charge in [-0.25, -0.2) is 17.9 Å². The van der Waals surface area contributed by atoms with Gasteiger partial charge in [0.15, 0.2) is 9.87 Å². The van der Waals surface area contributed by atoms with E-state index in [4.69, 9.17) is 0 Å².